The van der Waals surface area contributed by atoms with E-state index in [0.717, 1.165) is 131 Å². The number of unbranched alkanes of at least 4 members (excludes halogenated alkanes) is 3. The number of fused-ring (bicyclic) bond motifs is 9. The van der Waals surface area contributed by atoms with Crippen LogP contribution in [0.1, 0.15) is 77.5 Å². The van der Waals surface area contributed by atoms with E-state index in [4.69, 9.17) is 19.2 Å². The van der Waals surface area contributed by atoms with E-state index in [-0.39, 0.29) is 0 Å². The molecule has 0 unspecified atom stereocenters. The van der Waals surface area contributed by atoms with Crippen molar-refractivity contribution in [3.8, 4) is 63.0 Å². The van der Waals surface area contributed by atoms with E-state index in [1.165, 1.54) is 81.3 Å². The summed E-state index contributed by atoms with van der Waals surface area (Å²) in [5.74, 6) is 10.2. The van der Waals surface area contributed by atoms with Gasteiger partial charge in [-0.05, 0) is 252 Å². The van der Waals surface area contributed by atoms with Crippen molar-refractivity contribution in [2.24, 2.45) is 0 Å². The second kappa shape index (κ2) is 30.1. The number of ether oxygens (including phenoxy) is 3. The van der Waals surface area contributed by atoms with E-state index in [1.54, 1.807) is 12.4 Å². The minimum Gasteiger partial charge on any atom is -0.494 e. The normalized spacial score (nSPS) is 11.5. The van der Waals surface area contributed by atoms with E-state index in [9.17, 15) is 0 Å². The number of hydrogen-bond acceptors (Lipinski definition) is 6. The highest BCUT2D eigenvalue weighted by atomic mass is 16.5. The molecule has 0 aliphatic heterocycles. The lowest BCUT2D eigenvalue weighted by Gasteiger charge is -2.31. The van der Waals surface area contributed by atoms with Crippen molar-refractivity contribution in [1.29, 1.82) is 0 Å². The number of pyridine rings is 3. The molecule has 16 rings (SSSR count). The van der Waals surface area contributed by atoms with Crippen LogP contribution in [0.25, 0.3) is 98.5 Å². The molecule has 0 spiro atoms. The van der Waals surface area contributed by atoms with Gasteiger partial charge in [0, 0.05) is 18.0 Å². The maximum atomic E-state index is 6.61. The van der Waals surface area contributed by atoms with Crippen molar-refractivity contribution in [2.45, 2.75) is 63.2 Å². The molecule has 0 amide bonds. The summed E-state index contributed by atoms with van der Waals surface area (Å²) in [6.07, 6.45) is 12.3. The van der Waals surface area contributed by atoms with Gasteiger partial charge in [0.2, 0.25) is 0 Å². The van der Waals surface area contributed by atoms with Gasteiger partial charge in [-0.25, -0.2) is 4.98 Å². The first-order chi connectivity index (χ1) is 50.5. The van der Waals surface area contributed by atoms with Gasteiger partial charge in [0.25, 0.3) is 0 Å². The quantitative estimate of drug-likeness (QED) is 0.0260. The molecule has 494 valence electrons. The Morgan fingerprint density at radius 2 is 0.608 bits per heavy atom. The van der Waals surface area contributed by atoms with Crippen LogP contribution in [0.5, 0.6) is 17.2 Å². The summed E-state index contributed by atoms with van der Waals surface area (Å²) in [7, 11) is 0. The Morgan fingerprint density at radius 1 is 0.275 bits per heavy atom. The summed E-state index contributed by atoms with van der Waals surface area (Å²) in [5.41, 5.74) is 12.2. The molecule has 3 heterocycles. The SMILES string of the molecule is C(#CC(c1ccc(OCCCCc2cc3ccccc3c3ccccc23)cc1)(c1ccc(OCCCCc2cc3ccccc3c3ccccc23)cc1)c1ccc(OCCCCc2cc3ccccc3c3ccccc23)cc1)c1ccc(-c2cc(-c3ccccn3)nc(-c3ccccn3)c2)cc1. The first-order valence-electron chi connectivity index (χ1n) is 35.9. The van der Waals surface area contributed by atoms with Crippen LogP contribution in [0.15, 0.2) is 322 Å². The van der Waals surface area contributed by atoms with Gasteiger partial charge in [0.15, 0.2) is 0 Å². The standard InChI is InChI=1S/C96H77N3O3/c1-4-29-83-70(23-1)63-73(86-32-7-10-35-89(83)86)26-15-20-60-100-80-50-44-77(45-51-80)96(78-46-52-81(53-47-78)101-61-21-16-27-74-64-71-24-2-5-30-84(71)90-36-11-8-33-87(74)90,79-48-54-82(55-49-79)102-62-22-17-28-75-65-72-25-3-6-31-85(72)91-37-12-9-34-88(75)91)57-56-68-40-42-69(43-41-68)76-66-94(92-38-13-18-58-97-92)99-95(67-76)93-39-14-19-59-98-93/h1-14,18-19,23-25,29-55,58-59,63-67H,15-17,20-22,26-28,60-62H2. The predicted octanol–water partition coefficient (Wildman–Crippen LogP) is 23.4. The van der Waals surface area contributed by atoms with Crippen molar-refractivity contribution in [2.75, 3.05) is 19.8 Å². The fourth-order valence-corrected chi connectivity index (χ4v) is 14.9. The molecule has 0 aliphatic rings. The van der Waals surface area contributed by atoms with Gasteiger partial charge in [0.1, 0.15) is 22.7 Å². The lowest BCUT2D eigenvalue weighted by molar-refractivity contribution is 0.307. The van der Waals surface area contributed by atoms with Crippen LogP contribution in [0, 0.1) is 11.8 Å². The summed E-state index contributed by atoms with van der Waals surface area (Å²) in [4.78, 5) is 14.4. The van der Waals surface area contributed by atoms with Crippen LogP contribution in [-0.4, -0.2) is 34.8 Å². The highest BCUT2D eigenvalue weighted by molar-refractivity contribution is 6.11. The first kappa shape index (κ1) is 64.5. The predicted molar refractivity (Wildman–Crippen MR) is 422 cm³/mol. The van der Waals surface area contributed by atoms with E-state index in [0.29, 0.717) is 19.8 Å². The average Bonchev–Trinajstić information content (AvgIpc) is 0.760. The summed E-state index contributed by atoms with van der Waals surface area (Å²) in [5, 5.41) is 15.6. The fraction of sp³-hybridized carbons (Fsp3) is 0.135. The maximum Gasteiger partial charge on any atom is 0.119 e. The monoisotopic (exact) mass is 1320 g/mol. The van der Waals surface area contributed by atoms with Crippen molar-refractivity contribution in [3.63, 3.8) is 0 Å². The molecule has 0 bridgehead atoms. The van der Waals surface area contributed by atoms with Gasteiger partial charge < -0.3 is 14.2 Å². The molecule has 0 saturated heterocycles. The third-order valence-corrected chi connectivity index (χ3v) is 20.0. The zero-order chi connectivity index (χ0) is 68.3. The summed E-state index contributed by atoms with van der Waals surface area (Å²) in [6.45, 7) is 1.80. The lowest BCUT2D eigenvalue weighted by atomic mass is 9.69. The average molecular weight is 1320 g/mol. The zero-order valence-corrected chi connectivity index (χ0v) is 57.2. The van der Waals surface area contributed by atoms with Gasteiger partial charge in [-0.15, -0.1) is 0 Å². The van der Waals surface area contributed by atoms with Crippen LogP contribution in [-0.2, 0) is 24.7 Å². The Morgan fingerprint density at radius 3 is 0.961 bits per heavy atom. The molecular weight excluding hydrogens is 1240 g/mol. The smallest absolute Gasteiger partial charge is 0.119 e. The molecule has 0 radical (unpaired) electrons. The Kier molecular flexibility index (Phi) is 19.0. The molecule has 16 aromatic rings. The van der Waals surface area contributed by atoms with E-state index < -0.39 is 5.41 Å². The lowest BCUT2D eigenvalue weighted by Crippen LogP contribution is -2.28. The Labute approximate surface area is 597 Å². The molecule has 0 fully saturated rings. The van der Waals surface area contributed by atoms with Gasteiger partial charge in [-0.1, -0.05) is 236 Å². The number of nitrogens with zero attached hydrogens (tertiary/aromatic N) is 3. The minimum absolute atomic E-state index is 0.601. The second-order valence-electron chi connectivity index (χ2n) is 26.5. The van der Waals surface area contributed by atoms with Crippen molar-refractivity contribution in [3.05, 3.63) is 361 Å². The van der Waals surface area contributed by atoms with Crippen LogP contribution < -0.4 is 14.2 Å². The van der Waals surface area contributed by atoms with E-state index in [2.05, 4.69) is 295 Å². The second-order valence-corrected chi connectivity index (χ2v) is 26.5. The van der Waals surface area contributed by atoms with Crippen LogP contribution in [0.2, 0.25) is 0 Å². The molecule has 102 heavy (non-hydrogen) atoms. The molecule has 6 nitrogen and oxygen atoms in total. The van der Waals surface area contributed by atoms with Crippen LogP contribution in [0.3, 0.4) is 0 Å². The molecule has 3 aromatic heterocycles. The number of aromatic nitrogens is 3. The highest BCUT2D eigenvalue weighted by Crippen LogP contribution is 2.42. The maximum absolute atomic E-state index is 6.61. The molecule has 0 saturated carbocycles. The van der Waals surface area contributed by atoms with E-state index in [1.807, 2.05) is 36.4 Å². The summed E-state index contributed by atoms with van der Waals surface area (Å²) in [6, 6.07) is 110. The zero-order valence-electron chi connectivity index (χ0n) is 57.2. The Balaban J connectivity index is 0.697. The molecule has 0 atom stereocenters. The number of aryl methyl sites for hydroxylation is 3. The largest absolute Gasteiger partial charge is 0.494 e. The van der Waals surface area contributed by atoms with Gasteiger partial charge in [0.05, 0.1) is 42.6 Å². The topological polar surface area (TPSA) is 66.4 Å². The first-order valence-corrected chi connectivity index (χ1v) is 35.9. The molecular formula is C96H77N3O3. The van der Waals surface area contributed by atoms with Crippen LogP contribution >= 0.6 is 0 Å². The number of rotatable bonds is 24. The Hall–Kier alpha value is -12.2. The summed E-state index contributed by atoms with van der Waals surface area (Å²) < 4.78 is 19.8. The molecule has 0 aliphatic carbocycles. The van der Waals surface area contributed by atoms with Crippen molar-refractivity contribution < 1.29 is 14.2 Å². The fourth-order valence-electron chi connectivity index (χ4n) is 14.9. The van der Waals surface area contributed by atoms with Gasteiger partial charge in [-0.3, -0.25) is 9.97 Å². The van der Waals surface area contributed by atoms with Crippen LogP contribution in [0.4, 0.5) is 0 Å². The molecule has 6 heteroatoms. The van der Waals surface area contributed by atoms with Crippen molar-refractivity contribution >= 4 is 64.6 Å². The summed E-state index contributed by atoms with van der Waals surface area (Å²) >= 11 is 0. The van der Waals surface area contributed by atoms with E-state index >= 15 is 0 Å². The van der Waals surface area contributed by atoms with Gasteiger partial charge in [-0.2, -0.15) is 0 Å². The molecule has 13 aromatic carbocycles. The molecule has 0 N–H and O–H groups in total. The van der Waals surface area contributed by atoms with Crippen molar-refractivity contribution in [1.82, 2.24) is 15.0 Å². The third-order valence-electron chi connectivity index (χ3n) is 20.0. The highest BCUT2D eigenvalue weighted by Gasteiger charge is 2.35. The third kappa shape index (κ3) is 14.0. The number of benzene rings is 13. The number of hydrogen-bond donors (Lipinski definition) is 0. The minimum atomic E-state index is -0.970. The van der Waals surface area contributed by atoms with Gasteiger partial charge >= 0.3 is 0 Å². The Bertz CT molecular complexity index is 5200.